The normalized spacial score (nSPS) is 12.1. The van der Waals surface area contributed by atoms with E-state index in [-0.39, 0.29) is 0 Å². The summed E-state index contributed by atoms with van der Waals surface area (Å²) in [6.07, 6.45) is 0. The lowest BCUT2D eigenvalue weighted by atomic mass is 9.94. The largest absolute Gasteiger partial charge is 0.309 e. The SMILES string of the molecule is c1ccc(-n2c3ccccc3c3ccc(-c4ccc(-c5ccc6c(c5)-c5cccc7cc(-c8ccc(-n9c%10ccccc%10c%10c(-c%11cccc(-c%12ccc%13c(c%12)-c%12cccc%14cccc-%13c%12%14)c%11)cccc%109)cc8)cc-6c57)cc4)cc32)cc1. The molecule has 0 bridgehead atoms. The van der Waals surface area contributed by atoms with Crippen LogP contribution in [0.1, 0.15) is 0 Å². The third-order valence-corrected chi connectivity index (χ3v) is 18.0. The van der Waals surface area contributed by atoms with Crippen molar-refractivity contribution in [2.24, 2.45) is 0 Å². The molecule has 0 atom stereocenters. The molecule has 0 fully saturated rings. The van der Waals surface area contributed by atoms with E-state index in [9.17, 15) is 0 Å². The average Bonchev–Trinajstić information content (AvgIpc) is 4.45. The Morgan fingerprint density at radius 1 is 0.171 bits per heavy atom. The first-order chi connectivity index (χ1) is 40.6. The van der Waals surface area contributed by atoms with E-state index in [2.05, 4.69) is 300 Å². The predicted octanol–water partition coefficient (Wildman–Crippen LogP) is 21.8. The molecule has 0 aliphatic heterocycles. The van der Waals surface area contributed by atoms with Gasteiger partial charge in [0.25, 0.3) is 0 Å². The van der Waals surface area contributed by atoms with E-state index in [0.29, 0.717) is 0 Å². The minimum absolute atomic E-state index is 1.14. The third-order valence-electron chi connectivity index (χ3n) is 18.0. The van der Waals surface area contributed by atoms with Gasteiger partial charge in [-0.05, 0) is 201 Å². The summed E-state index contributed by atoms with van der Waals surface area (Å²) >= 11 is 0. The van der Waals surface area contributed by atoms with Gasteiger partial charge < -0.3 is 9.13 Å². The summed E-state index contributed by atoms with van der Waals surface area (Å²) in [5.41, 5.74) is 29.7. The Labute approximate surface area is 474 Å². The first-order valence-corrected chi connectivity index (χ1v) is 28.5. The highest BCUT2D eigenvalue weighted by atomic mass is 15.0. The van der Waals surface area contributed by atoms with Gasteiger partial charge in [-0.15, -0.1) is 0 Å². The molecule has 0 unspecified atom stereocenters. The van der Waals surface area contributed by atoms with Gasteiger partial charge in [-0.25, -0.2) is 0 Å². The second-order valence-corrected chi connectivity index (χ2v) is 22.3. The monoisotopic (exact) mass is 1040 g/mol. The molecule has 2 aliphatic rings. The summed E-state index contributed by atoms with van der Waals surface area (Å²) < 4.78 is 4.84. The first kappa shape index (κ1) is 45.1. The Morgan fingerprint density at radius 2 is 0.622 bits per heavy atom. The van der Waals surface area contributed by atoms with Crippen LogP contribution in [0.2, 0.25) is 0 Å². The van der Waals surface area contributed by atoms with E-state index in [1.54, 1.807) is 0 Å². The zero-order valence-corrected chi connectivity index (χ0v) is 44.6. The van der Waals surface area contributed by atoms with Crippen molar-refractivity contribution < 1.29 is 0 Å². The van der Waals surface area contributed by atoms with E-state index in [0.717, 1.165) is 5.69 Å². The molecule has 0 N–H and O–H groups in total. The maximum absolute atomic E-state index is 2.44. The minimum atomic E-state index is 1.14. The lowest BCUT2D eigenvalue weighted by Gasteiger charge is -2.12. The summed E-state index contributed by atoms with van der Waals surface area (Å²) in [6, 6.07) is 108. The molecular weight excluding hydrogens is 989 g/mol. The zero-order chi connectivity index (χ0) is 53.6. The highest BCUT2D eigenvalue weighted by molar-refractivity contribution is 6.19. The fraction of sp³-hybridized carbons (Fsp3) is 0. The van der Waals surface area contributed by atoms with Gasteiger partial charge in [-0.2, -0.15) is 0 Å². The van der Waals surface area contributed by atoms with Crippen molar-refractivity contribution in [3.8, 4) is 112 Å². The lowest BCUT2D eigenvalue weighted by Crippen LogP contribution is -1.94. The summed E-state index contributed by atoms with van der Waals surface area (Å²) in [5, 5.41) is 10.3. The van der Waals surface area contributed by atoms with E-state index < -0.39 is 0 Å². The fourth-order valence-electron chi connectivity index (χ4n) is 14.3. The summed E-state index contributed by atoms with van der Waals surface area (Å²) in [7, 11) is 0. The number of para-hydroxylation sites is 3. The molecule has 18 rings (SSSR count). The van der Waals surface area contributed by atoms with Gasteiger partial charge in [-0.1, -0.05) is 212 Å². The van der Waals surface area contributed by atoms with E-state index in [1.165, 1.54) is 171 Å². The van der Waals surface area contributed by atoms with Crippen LogP contribution in [0.3, 0.4) is 0 Å². The van der Waals surface area contributed by atoms with Crippen LogP contribution in [0.4, 0.5) is 0 Å². The number of rotatable bonds is 7. The summed E-state index contributed by atoms with van der Waals surface area (Å²) in [6.45, 7) is 0. The predicted molar refractivity (Wildman–Crippen MR) is 346 cm³/mol. The number of hydrogen-bond donors (Lipinski definition) is 0. The molecule has 2 nitrogen and oxygen atoms in total. The maximum atomic E-state index is 2.44. The molecule has 2 aromatic heterocycles. The Hall–Kier alpha value is -10.8. The van der Waals surface area contributed by atoms with Crippen LogP contribution in [0, 0.1) is 0 Å². The first-order valence-electron chi connectivity index (χ1n) is 28.5. The number of fused-ring (bicyclic) bond motifs is 12. The third kappa shape index (κ3) is 6.64. The van der Waals surface area contributed by atoms with Gasteiger partial charge in [0.05, 0.1) is 22.1 Å². The quantitative estimate of drug-likeness (QED) is 0.151. The van der Waals surface area contributed by atoms with Crippen molar-refractivity contribution in [3.05, 3.63) is 291 Å². The number of hydrogen-bond acceptors (Lipinski definition) is 0. The second-order valence-electron chi connectivity index (χ2n) is 22.3. The van der Waals surface area contributed by atoms with Gasteiger partial charge in [0, 0.05) is 32.9 Å². The van der Waals surface area contributed by atoms with Gasteiger partial charge >= 0.3 is 0 Å². The van der Waals surface area contributed by atoms with E-state index >= 15 is 0 Å². The van der Waals surface area contributed by atoms with E-state index in [4.69, 9.17) is 0 Å². The standard InChI is InChI=1S/C80H48N2/c1-2-18-60(19-3-1)82-74-26-6-4-20-65(74)66-42-37-56(48-77(66)82)50-31-29-49(30-32-50)54-35-41-64-72(45-54)69-25-11-17-58-44-59(47-73(64)79(58)69)51-33-38-61(39-34-51)81-75-27-7-5-21-70(75)80-62(22-12-28-76(80)81)57-16-8-15-53(43-57)55-36-40-63-67-23-9-13-52-14-10-24-68(78(52)67)71(63)46-55/h1-48H. The number of benzene rings is 14. The van der Waals surface area contributed by atoms with Crippen molar-refractivity contribution in [3.63, 3.8) is 0 Å². The summed E-state index contributed by atoms with van der Waals surface area (Å²) in [4.78, 5) is 0. The highest BCUT2D eigenvalue weighted by Crippen LogP contribution is 2.51. The lowest BCUT2D eigenvalue weighted by molar-refractivity contribution is 1.18. The molecule has 2 heteroatoms. The molecule has 14 aromatic carbocycles. The molecule has 0 radical (unpaired) electrons. The molecule has 2 heterocycles. The van der Waals surface area contributed by atoms with Crippen LogP contribution >= 0.6 is 0 Å². The molecule has 2 aliphatic carbocycles. The minimum Gasteiger partial charge on any atom is -0.309 e. The van der Waals surface area contributed by atoms with Gasteiger partial charge in [-0.3, -0.25) is 0 Å². The Bertz CT molecular complexity index is 5360. The summed E-state index contributed by atoms with van der Waals surface area (Å²) in [5.74, 6) is 0. The molecular formula is C80H48N2. The van der Waals surface area contributed by atoms with Gasteiger partial charge in [0.1, 0.15) is 0 Å². The molecule has 16 aromatic rings. The smallest absolute Gasteiger partial charge is 0.0547 e. The molecule has 82 heavy (non-hydrogen) atoms. The fourth-order valence-corrected chi connectivity index (χ4v) is 14.3. The van der Waals surface area contributed by atoms with Crippen LogP contribution in [0.5, 0.6) is 0 Å². The van der Waals surface area contributed by atoms with Crippen LogP contribution in [-0.4, -0.2) is 9.13 Å². The maximum Gasteiger partial charge on any atom is 0.0547 e. The highest BCUT2D eigenvalue weighted by Gasteiger charge is 2.25. The van der Waals surface area contributed by atoms with Crippen molar-refractivity contribution >= 4 is 65.2 Å². The van der Waals surface area contributed by atoms with Crippen LogP contribution in [0.15, 0.2) is 291 Å². The number of aromatic nitrogens is 2. The van der Waals surface area contributed by atoms with Crippen molar-refractivity contribution in [1.82, 2.24) is 9.13 Å². The van der Waals surface area contributed by atoms with Crippen molar-refractivity contribution in [2.75, 3.05) is 0 Å². The van der Waals surface area contributed by atoms with Crippen molar-refractivity contribution in [1.29, 1.82) is 0 Å². The molecule has 0 amide bonds. The Kier molecular flexibility index (Phi) is 9.54. The number of nitrogens with zero attached hydrogens (tertiary/aromatic N) is 2. The van der Waals surface area contributed by atoms with Gasteiger partial charge in [0.15, 0.2) is 0 Å². The zero-order valence-electron chi connectivity index (χ0n) is 44.6. The topological polar surface area (TPSA) is 9.86 Å². The molecule has 0 saturated carbocycles. The van der Waals surface area contributed by atoms with Crippen LogP contribution in [-0.2, 0) is 0 Å². The second kappa shape index (κ2) is 17.3. The van der Waals surface area contributed by atoms with Gasteiger partial charge in [0.2, 0.25) is 0 Å². The Balaban J connectivity index is 0.659. The molecule has 0 spiro atoms. The van der Waals surface area contributed by atoms with Crippen molar-refractivity contribution in [2.45, 2.75) is 0 Å². The Morgan fingerprint density at radius 3 is 1.37 bits per heavy atom. The van der Waals surface area contributed by atoms with Crippen LogP contribution in [0.25, 0.3) is 177 Å². The van der Waals surface area contributed by atoms with E-state index in [1.807, 2.05) is 0 Å². The molecule has 0 saturated heterocycles. The average molecular weight is 1040 g/mol. The van der Waals surface area contributed by atoms with Crippen LogP contribution < -0.4 is 0 Å². The molecule has 378 valence electrons.